The van der Waals surface area contributed by atoms with Crippen LogP contribution < -0.4 is 15.2 Å². The summed E-state index contributed by atoms with van der Waals surface area (Å²) in [5.74, 6) is 2.39. The summed E-state index contributed by atoms with van der Waals surface area (Å²) in [4.78, 5) is 2.67. The topological polar surface area (TPSA) is 12.5 Å². The molecule has 3 saturated heterocycles. The van der Waals surface area contributed by atoms with Crippen LogP contribution in [0.25, 0.3) is 12.2 Å². The molecule has 1 aromatic carbocycles. The molecule has 2 nitrogen and oxygen atoms in total. The van der Waals surface area contributed by atoms with Crippen molar-refractivity contribution in [3.05, 3.63) is 53.4 Å². The van der Waals surface area contributed by atoms with Gasteiger partial charge in [-0.3, -0.25) is 4.90 Å². The molecule has 0 spiro atoms. The fourth-order valence-electron chi connectivity index (χ4n) is 4.36. The zero-order chi connectivity index (χ0) is 17.1. The number of benzene rings is 1. The van der Waals surface area contributed by atoms with E-state index >= 15 is 0 Å². The molecule has 3 fully saturated rings. The molecule has 128 valence electrons. The van der Waals surface area contributed by atoms with Crippen LogP contribution in [0.1, 0.15) is 26.2 Å². The van der Waals surface area contributed by atoms with Gasteiger partial charge in [0.1, 0.15) is 5.75 Å². The second-order valence-corrected chi connectivity index (χ2v) is 7.09. The third-order valence-corrected chi connectivity index (χ3v) is 5.72. The van der Waals surface area contributed by atoms with Crippen molar-refractivity contribution < 1.29 is 4.74 Å². The lowest BCUT2D eigenvalue weighted by molar-refractivity contribution is 0.0217. The van der Waals surface area contributed by atoms with Crippen LogP contribution in [-0.4, -0.2) is 31.1 Å². The van der Waals surface area contributed by atoms with Crippen LogP contribution in [0.3, 0.4) is 0 Å². The largest absolute Gasteiger partial charge is 0.497 e. The summed E-state index contributed by atoms with van der Waals surface area (Å²) in [6.45, 7) is 12.8. The standard InChI is InChI=1S/C22H29NO/c1-5-7-19(22-14-21(24-4)9-8-16(22)3)13-20-12-18-10-11-23(20)15-17(18)6-2/h5-9,14,17-18,20H,2-3,10-13,15H2,1,4H3/b7-5-,22-19+. The van der Waals surface area contributed by atoms with Crippen LogP contribution in [0.2, 0.25) is 0 Å². The van der Waals surface area contributed by atoms with Gasteiger partial charge in [0.05, 0.1) is 7.11 Å². The van der Waals surface area contributed by atoms with Gasteiger partial charge in [0, 0.05) is 12.6 Å². The van der Waals surface area contributed by atoms with Crippen molar-refractivity contribution in [2.75, 3.05) is 20.2 Å². The molecule has 24 heavy (non-hydrogen) atoms. The van der Waals surface area contributed by atoms with Gasteiger partial charge >= 0.3 is 0 Å². The second-order valence-electron chi connectivity index (χ2n) is 7.09. The molecule has 0 saturated carbocycles. The van der Waals surface area contributed by atoms with E-state index in [-0.39, 0.29) is 0 Å². The third-order valence-electron chi connectivity index (χ3n) is 5.72. The minimum atomic E-state index is 0.636. The van der Waals surface area contributed by atoms with Gasteiger partial charge in [-0.15, -0.1) is 6.58 Å². The molecule has 0 radical (unpaired) electrons. The molecule has 0 amide bonds. The minimum Gasteiger partial charge on any atom is -0.497 e. The lowest BCUT2D eigenvalue weighted by Crippen LogP contribution is -2.53. The molecule has 3 heterocycles. The van der Waals surface area contributed by atoms with Crippen LogP contribution in [-0.2, 0) is 0 Å². The quantitative estimate of drug-likeness (QED) is 0.772. The van der Waals surface area contributed by atoms with Crippen molar-refractivity contribution in [1.82, 2.24) is 4.90 Å². The first kappa shape index (κ1) is 17.0. The molecule has 0 aliphatic carbocycles. The van der Waals surface area contributed by atoms with Gasteiger partial charge in [0.2, 0.25) is 0 Å². The zero-order valence-corrected chi connectivity index (χ0v) is 15.0. The second kappa shape index (κ2) is 7.40. The number of ether oxygens (including phenoxy) is 1. The average molecular weight is 323 g/mol. The maximum Gasteiger partial charge on any atom is 0.119 e. The van der Waals surface area contributed by atoms with Crippen molar-refractivity contribution in [2.24, 2.45) is 11.8 Å². The normalized spacial score (nSPS) is 30.4. The first-order valence-corrected chi connectivity index (χ1v) is 9.01. The Labute approximate surface area is 145 Å². The summed E-state index contributed by atoms with van der Waals surface area (Å²) in [5, 5.41) is 2.29. The van der Waals surface area contributed by atoms with E-state index in [0.717, 1.165) is 23.3 Å². The smallest absolute Gasteiger partial charge is 0.119 e. The summed E-state index contributed by atoms with van der Waals surface area (Å²) in [7, 11) is 1.72. The van der Waals surface area contributed by atoms with E-state index in [0.29, 0.717) is 12.0 Å². The molecule has 3 aliphatic rings. The highest BCUT2D eigenvalue weighted by atomic mass is 16.5. The summed E-state index contributed by atoms with van der Waals surface area (Å²) in [6.07, 6.45) is 10.2. The van der Waals surface area contributed by atoms with Gasteiger partial charge in [-0.1, -0.05) is 30.9 Å². The summed E-state index contributed by atoms with van der Waals surface area (Å²) >= 11 is 0. The van der Waals surface area contributed by atoms with Crippen LogP contribution in [0.5, 0.6) is 5.75 Å². The number of nitrogens with zero attached hydrogens (tertiary/aromatic N) is 1. The Balaban J connectivity index is 1.93. The van der Waals surface area contributed by atoms with Crippen LogP contribution in [0.15, 0.2) is 43.0 Å². The molecule has 3 aliphatic heterocycles. The highest BCUT2D eigenvalue weighted by Gasteiger charge is 2.38. The number of hydrogen-bond acceptors (Lipinski definition) is 2. The molecular formula is C22H29NO. The maximum absolute atomic E-state index is 5.42. The number of hydrogen-bond donors (Lipinski definition) is 0. The van der Waals surface area contributed by atoms with E-state index < -0.39 is 0 Å². The number of methoxy groups -OCH3 is 1. The maximum atomic E-state index is 5.42. The zero-order valence-electron chi connectivity index (χ0n) is 15.0. The van der Waals surface area contributed by atoms with Crippen molar-refractivity contribution in [3.63, 3.8) is 0 Å². The molecule has 2 heteroatoms. The van der Waals surface area contributed by atoms with Crippen LogP contribution in [0.4, 0.5) is 0 Å². The SMILES string of the molecule is C=CC1CN2CCC1CC2CC(/C=C\C)=c1\cc(OC)ccc1=C. The highest BCUT2D eigenvalue weighted by Crippen LogP contribution is 2.38. The number of rotatable bonds is 5. The van der Waals surface area contributed by atoms with Crippen LogP contribution in [0, 0.1) is 11.8 Å². The van der Waals surface area contributed by atoms with Gasteiger partial charge in [-0.2, -0.15) is 0 Å². The van der Waals surface area contributed by atoms with Gasteiger partial charge in [-0.05, 0) is 72.7 Å². The number of fused-ring (bicyclic) bond motifs is 3. The Bertz CT molecular complexity index is 733. The van der Waals surface area contributed by atoms with Gasteiger partial charge in [0.15, 0.2) is 0 Å². The summed E-state index contributed by atoms with van der Waals surface area (Å²) in [6, 6.07) is 6.80. The lowest BCUT2D eigenvalue weighted by atomic mass is 9.74. The summed E-state index contributed by atoms with van der Waals surface area (Å²) in [5.41, 5.74) is 1.37. The Morgan fingerprint density at radius 1 is 1.42 bits per heavy atom. The van der Waals surface area contributed by atoms with Crippen molar-refractivity contribution in [2.45, 2.75) is 32.2 Å². The van der Waals surface area contributed by atoms with E-state index in [1.807, 2.05) is 6.07 Å². The molecule has 4 unspecified atom stereocenters. The van der Waals surface area contributed by atoms with Crippen molar-refractivity contribution >= 4 is 12.2 Å². The van der Waals surface area contributed by atoms with Crippen LogP contribution >= 0.6 is 0 Å². The first-order chi connectivity index (χ1) is 11.7. The molecule has 4 rings (SSSR count). The predicted octanol–water partition coefficient (Wildman–Crippen LogP) is 3.12. The highest BCUT2D eigenvalue weighted by molar-refractivity contribution is 5.58. The lowest BCUT2D eigenvalue weighted by Gasteiger charge is -2.49. The van der Waals surface area contributed by atoms with E-state index in [1.54, 1.807) is 7.11 Å². The van der Waals surface area contributed by atoms with Gasteiger partial charge < -0.3 is 4.74 Å². The molecular weight excluding hydrogens is 294 g/mol. The summed E-state index contributed by atoms with van der Waals surface area (Å²) < 4.78 is 5.42. The van der Waals surface area contributed by atoms with Gasteiger partial charge in [0.25, 0.3) is 0 Å². The van der Waals surface area contributed by atoms with Gasteiger partial charge in [-0.25, -0.2) is 0 Å². The van der Waals surface area contributed by atoms with Crippen molar-refractivity contribution in [1.29, 1.82) is 0 Å². The Hall–Kier alpha value is -1.80. The molecule has 0 N–H and O–H groups in total. The molecule has 4 atom stereocenters. The molecule has 2 bridgehead atoms. The fraction of sp³-hybridized carbons (Fsp3) is 0.455. The Kier molecular flexibility index (Phi) is 5.25. The number of allylic oxidation sites excluding steroid dienone is 2. The number of piperidine rings is 3. The van der Waals surface area contributed by atoms with Crippen molar-refractivity contribution in [3.8, 4) is 5.75 Å². The van der Waals surface area contributed by atoms with E-state index in [2.05, 4.69) is 55.3 Å². The molecule has 1 aromatic rings. The minimum absolute atomic E-state index is 0.636. The fourth-order valence-corrected chi connectivity index (χ4v) is 4.36. The predicted molar refractivity (Wildman–Crippen MR) is 102 cm³/mol. The Morgan fingerprint density at radius 2 is 2.25 bits per heavy atom. The van der Waals surface area contributed by atoms with E-state index in [4.69, 9.17) is 4.74 Å². The Morgan fingerprint density at radius 3 is 2.88 bits per heavy atom. The molecule has 0 aromatic heterocycles. The average Bonchev–Trinajstić information content (AvgIpc) is 2.62. The van der Waals surface area contributed by atoms with E-state index in [1.165, 1.54) is 36.7 Å². The third kappa shape index (κ3) is 3.34. The van der Waals surface area contributed by atoms with E-state index in [9.17, 15) is 0 Å². The first-order valence-electron chi connectivity index (χ1n) is 9.01. The monoisotopic (exact) mass is 323 g/mol.